The van der Waals surface area contributed by atoms with E-state index in [2.05, 4.69) is 33.8 Å². The number of aromatic nitrogens is 2. The Morgan fingerprint density at radius 2 is 1.92 bits per heavy atom. The van der Waals surface area contributed by atoms with Gasteiger partial charge in [0.05, 0.1) is 11.0 Å². The number of carbonyl (C=O) groups excluding carboxylic acids is 1. The number of nitrogens with one attached hydrogen (secondary N) is 2. The molecule has 10 heteroatoms. The van der Waals surface area contributed by atoms with E-state index in [4.69, 9.17) is 4.98 Å². The van der Waals surface area contributed by atoms with Crippen LogP contribution in [0.5, 0.6) is 5.75 Å². The van der Waals surface area contributed by atoms with E-state index < -0.39 is 6.36 Å². The van der Waals surface area contributed by atoms with Crippen LogP contribution >= 0.6 is 0 Å². The second-order valence-electron chi connectivity index (χ2n) is 10.7. The summed E-state index contributed by atoms with van der Waals surface area (Å²) in [5, 5.41) is 6.21. The third-order valence-corrected chi connectivity index (χ3v) is 6.68. The summed E-state index contributed by atoms with van der Waals surface area (Å²) < 4.78 is 43.8. The van der Waals surface area contributed by atoms with Crippen molar-refractivity contribution in [2.24, 2.45) is 5.41 Å². The van der Waals surface area contributed by atoms with Gasteiger partial charge in [0, 0.05) is 30.4 Å². The average molecular weight is 518 g/mol. The SMILES string of the molecule is CN(C)CCNC(=O)c1ccc2c(c1)nc(Nc1ccc(OC(F)(F)F)cc1)n2[C@H]1CCCC(C)(C)C1. The lowest BCUT2D eigenvalue weighted by atomic mass is 9.75. The highest BCUT2D eigenvalue weighted by atomic mass is 19.4. The lowest BCUT2D eigenvalue weighted by Crippen LogP contribution is -2.31. The predicted molar refractivity (Wildman–Crippen MR) is 138 cm³/mol. The van der Waals surface area contributed by atoms with E-state index >= 15 is 0 Å². The number of carbonyl (C=O) groups is 1. The number of hydrogen-bond acceptors (Lipinski definition) is 5. The summed E-state index contributed by atoms with van der Waals surface area (Å²) in [6.45, 7) is 5.80. The van der Waals surface area contributed by atoms with Crippen molar-refractivity contribution in [1.82, 2.24) is 19.8 Å². The molecule has 4 rings (SSSR count). The quantitative estimate of drug-likeness (QED) is 0.377. The van der Waals surface area contributed by atoms with Gasteiger partial charge in [-0.1, -0.05) is 20.3 Å². The first-order chi connectivity index (χ1) is 17.4. The van der Waals surface area contributed by atoms with Crippen LogP contribution in [0.15, 0.2) is 42.5 Å². The van der Waals surface area contributed by atoms with Crippen molar-refractivity contribution in [2.75, 3.05) is 32.5 Å². The molecule has 2 aromatic carbocycles. The fraction of sp³-hybridized carbons (Fsp3) is 0.481. The molecule has 0 radical (unpaired) electrons. The minimum absolute atomic E-state index is 0.160. The Kier molecular flexibility index (Phi) is 7.68. The molecule has 1 saturated carbocycles. The summed E-state index contributed by atoms with van der Waals surface area (Å²) in [6.07, 6.45) is -0.538. The van der Waals surface area contributed by atoms with Crippen LogP contribution in [-0.2, 0) is 0 Å². The topological polar surface area (TPSA) is 71.4 Å². The molecule has 1 aromatic heterocycles. The molecule has 37 heavy (non-hydrogen) atoms. The standard InChI is InChI=1S/C27H34F3N5O2/c1-26(2)13-5-6-20(17-26)35-23-12-7-18(24(36)31-14-15-34(3)4)16-22(23)33-25(35)32-19-8-10-21(11-9-19)37-27(28,29)30/h7-12,16,20H,5-6,13-15,17H2,1-4H3,(H,31,36)(H,32,33)/t20-/m0/s1. The molecule has 0 saturated heterocycles. The molecule has 1 amide bonds. The van der Waals surface area contributed by atoms with E-state index in [-0.39, 0.29) is 23.1 Å². The summed E-state index contributed by atoms with van der Waals surface area (Å²) in [4.78, 5) is 19.5. The molecule has 0 spiro atoms. The molecule has 3 aromatic rings. The molecule has 1 atom stereocenters. The molecule has 1 aliphatic carbocycles. The second-order valence-corrected chi connectivity index (χ2v) is 10.7. The van der Waals surface area contributed by atoms with Gasteiger partial charge in [0.2, 0.25) is 5.95 Å². The first kappa shape index (κ1) is 26.8. The fourth-order valence-corrected chi connectivity index (χ4v) is 4.94. The van der Waals surface area contributed by atoms with Crippen molar-refractivity contribution in [3.8, 4) is 5.75 Å². The van der Waals surface area contributed by atoms with Gasteiger partial charge in [0.15, 0.2) is 0 Å². The number of nitrogens with zero attached hydrogens (tertiary/aromatic N) is 3. The van der Waals surface area contributed by atoms with Crippen molar-refractivity contribution in [2.45, 2.75) is 51.9 Å². The van der Waals surface area contributed by atoms with Crippen LogP contribution in [0.1, 0.15) is 55.9 Å². The summed E-state index contributed by atoms with van der Waals surface area (Å²) in [5.74, 6) is 0.143. The minimum Gasteiger partial charge on any atom is -0.406 e. The van der Waals surface area contributed by atoms with Crippen LogP contribution < -0.4 is 15.4 Å². The Labute approximate surface area is 215 Å². The molecule has 200 valence electrons. The molecular formula is C27H34F3N5O2. The number of rotatable bonds is 8. The summed E-state index contributed by atoms with van der Waals surface area (Å²) >= 11 is 0. The highest BCUT2D eigenvalue weighted by molar-refractivity contribution is 5.97. The van der Waals surface area contributed by atoms with Crippen molar-refractivity contribution in [3.63, 3.8) is 0 Å². The van der Waals surface area contributed by atoms with Gasteiger partial charge in [-0.2, -0.15) is 0 Å². The first-order valence-electron chi connectivity index (χ1n) is 12.5. The van der Waals surface area contributed by atoms with Crippen LogP contribution in [0.2, 0.25) is 0 Å². The molecule has 0 aliphatic heterocycles. The van der Waals surface area contributed by atoms with E-state index in [1.807, 2.05) is 31.1 Å². The van der Waals surface area contributed by atoms with Crippen molar-refractivity contribution >= 4 is 28.6 Å². The maximum Gasteiger partial charge on any atom is 0.573 e. The zero-order valence-corrected chi connectivity index (χ0v) is 21.7. The molecular weight excluding hydrogens is 483 g/mol. The number of fused-ring (bicyclic) bond motifs is 1. The number of imidazole rings is 1. The number of halogens is 3. The third-order valence-electron chi connectivity index (χ3n) is 6.68. The molecule has 1 fully saturated rings. The van der Waals surface area contributed by atoms with Crippen molar-refractivity contribution in [3.05, 3.63) is 48.0 Å². The summed E-state index contributed by atoms with van der Waals surface area (Å²) in [5.41, 5.74) is 2.89. The van der Waals surface area contributed by atoms with Crippen LogP contribution in [0.25, 0.3) is 11.0 Å². The molecule has 1 heterocycles. The van der Waals surface area contributed by atoms with E-state index in [1.165, 1.54) is 24.3 Å². The third kappa shape index (κ3) is 6.94. The maximum absolute atomic E-state index is 12.7. The van der Waals surface area contributed by atoms with Gasteiger partial charge >= 0.3 is 6.36 Å². The Morgan fingerprint density at radius 3 is 2.57 bits per heavy atom. The normalized spacial score (nSPS) is 17.7. The number of alkyl halides is 3. The van der Waals surface area contributed by atoms with Gasteiger partial charge < -0.3 is 24.8 Å². The van der Waals surface area contributed by atoms with E-state index in [0.29, 0.717) is 29.3 Å². The number of amides is 1. The Bertz CT molecular complexity index is 1240. The van der Waals surface area contributed by atoms with Crippen molar-refractivity contribution < 1.29 is 22.7 Å². The monoisotopic (exact) mass is 517 g/mol. The molecule has 1 aliphatic rings. The van der Waals surface area contributed by atoms with Gasteiger partial charge in [0.25, 0.3) is 5.91 Å². The van der Waals surface area contributed by atoms with E-state index in [0.717, 1.165) is 37.7 Å². The largest absolute Gasteiger partial charge is 0.573 e. The van der Waals surface area contributed by atoms with Gasteiger partial charge in [-0.15, -0.1) is 13.2 Å². The van der Waals surface area contributed by atoms with Crippen molar-refractivity contribution in [1.29, 1.82) is 0 Å². The smallest absolute Gasteiger partial charge is 0.406 e. The maximum atomic E-state index is 12.7. The molecule has 2 N–H and O–H groups in total. The minimum atomic E-state index is -4.74. The molecule has 7 nitrogen and oxygen atoms in total. The molecule has 0 unspecified atom stereocenters. The van der Waals surface area contributed by atoms with Crippen LogP contribution in [0.3, 0.4) is 0 Å². The van der Waals surface area contributed by atoms with Crippen LogP contribution in [0.4, 0.5) is 24.8 Å². The summed E-state index contributed by atoms with van der Waals surface area (Å²) in [7, 11) is 3.89. The molecule has 0 bridgehead atoms. The Hall–Kier alpha value is -3.27. The summed E-state index contributed by atoms with van der Waals surface area (Å²) in [6, 6.07) is 11.3. The number of hydrogen-bond donors (Lipinski definition) is 2. The first-order valence-corrected chi connectivity index (χ1v) is 12.5. The number of ether oxygens (including phenoxy) is 1. The highest BCUT2D eigenvalue weighted by Crippen LogP contribution is 2.43. The lowest BCUT2D eigenvalue weighted by molar-refractivity contribution is -0.274. The second kappa shape index (κ2) is 10.6. The van der Waals surface area contributed by atoms with Gasteiger partial charge in [-0.05, 0) is 81.2 Å². The Balaban J connectivity index is 1.65. The number of likely N-dealkylation sites (N-methyl/N-ethyl adjacent to an activating group) is 1. The van der Waals surface area contributed by atoms with E-state index in [1.54, 1.807) is 6.07 Å². The Morgan fingerprint density at radius 1 is 1.19 bits per heavy atom. The zero-order valence-electron chi connectivity index (χ0n) is 21.7. The predicted octanol–water partition coefficient (Wildman–Crippen LogP) is 6.11. The number of benzene rings is 2. The number of anilines is 2. The average Bonchev–Trinajstić information content (AvgIpc) is 3.15. The lowest BCUT2D eigenvalue weighted by Gasteiger charge is -2.36. The fourth-order valence-electron chi connectivity index (χ4n) is 4.94. The van der Waals surface area contributed by atoms with E-state index in [9.17, 15) is 18.0 Å². The van der Waals surface area contributed by atoms with Crippen LogP contribution in [0, 0.1) is 5.41 Å². The van der Waals surface area contributed by atoms with Gasteiger partial charge in [-0.3, -0.25) is 4.79 Å². The van der Waals surface area contributed by atoms with Gasteiger partial charge in [-0.25, -0.2) is 4.98 Å². The zero-order chi connectivity index (χ0) is 26.8. The highest BCUT2D eigenvalue weighted by Gasteiger charge is 2.32. The van der Waals surface area contributed by atoms with Crippen LogP contribution in [-0.4, -0.2) is 53.9 Å². The van der Waals surface area contributed by atoms with Gasteiger partial charge in [0.1, 0.15) is 5.75 Å².